The maximum Gasteiger partial charge on any atom is 0.414 e. The number of hydrogen-bond donors (Lipinski definition) is 2. The van der Waals surface area contributed by atoms with Gasteiger partial charge in [-0.1, -0.05) is 11.6 Å². The van der Waals surface area contributed by atoms with Gasteiger partial charge in [0.15, 0.2) is 0 Å². The molecule has 0 saturated carbocycles. The largest absolute Gasteiger partial charge is 0.473 e. The van der Waals surface area contributed by atoms with Crippen LogP contribution in [0.2, 0.25) is 5.02 Å². The van der Waals surface area contributed by atoms with Crippen LogP contribution in [0.3, 0.4) is 0 Å². The van der Waals surface area contributed by atoms with E-state index in [0.29, 0.717) is 36.8 Å². The number of carbonyl (C=O) groups excluding carboxylic acids is 1. The number of piperazine rings is 1. The van der Waals surface area contributed by atoms with Crippen molar-refractivity contribution in [2.45, 2.75) is 0 Å². The van der Waals surface area contributed by atoms with Gasteiger partial charge in [-0.25, -0.2) is 18.0 Å². The second kappa shape index (κ2) is 8.79. The minimum Gasteiger partial charge on any atom is -0.473 e. The molecule has 1 heterocycles. The fourth-order valence-electron chi connectivity index (χ4n) is 2.00. The second-order valence-electron chi connectivity index (χ2n) is 5.07. The minimum atomic E-state index is -3.17. The van der Waals surface area contributed by atoms with Crippen molar-refractivity contribution in [1.82, 2.24) is 9.21 Å². The highest BCUT2D eigenvalue weighted by molar-refractivity contribution is 7.88. The van der Waals surface area contributed by atoms with Gasteiger partial charge in [0.1, 0.15) is 0 Å². The number of nitrogens with zero attached hydrogens (tertiary/aromatic N) is 2. The van der Waals surface area contributed by atoms with Gasteiger partial charge in [-0.2, -0.15) is 4.31 Å². The van der Waals surface area contributed by atoms with Crippen molar-refractivity contribution in [3.63, 3.8) is 0 Å². The summed E-state index contributed by atoms with van der Waals surface area (Å²) in [4.78, 5) is 32.0. The van der Waals surface area contributed by atoms with Crippen LogP contribution in [0.5, 0.6) is 0 Å². The van der Waals surface area contributed by atoms with Gasteiger partial charge in [-0.05, 0) is 24.3 Å². The van der Waals surface area contributed by atoms with Crippen molar-refractivity contribution >= 4 is 39.5 Å². The summed E-state index contributed by atoms with van der Waals surface area (Å²) < 4.78 is 24.1. The van der Waals surface area contributed by atoms with E-state index < -0.39 is 22.0 Å². The van der Waals surface area contributed by atoms with E-state index in [4.69, 9.17) is 31.4 Å². The molecule has 0 bridgehead atoms. The highest BCUT2D eigenvalue weighted by Crippen LogP contribution is 2.13. The van der Waals surface area contributed by atoms with Gasteiger partial charge < -0.3 is 15.1 Å². The Bertz CT molecular complexity index is 729. The average Bonchev–Trinajstić information content (AvgIpc) is 2.54. The Morgan fingerprint density at radius 2 is 1.40 bits per heavy atom. The van der Waals surface area contributed by atoms with Gasteiger partial charge in [-0.15, -0.1) is 0 Å². The number of halogens is 1. The van der Waals surface area contributed by atoms with E-state index >= 15 is 0 Å². The molecule has 1 aliphatic rings. The van der Waals surface area contributed by atoms with Crippen molar-refractivity contribution in [3.8, 4) is 0 Å². The predicted molar refractivity (Wildman–Crippen MR) is 89.0 cm³/mol. The molecule has 11 heteroatoms. The Hall–Kier alpha value is -2.17. The van der Waals surface area contributed by atoms with E-state index in [1.807, 2.05) is 0 Å². The van der Waals surface area contributed by atoms with E-state index in [2.05, 4.69) is 0 Å². The van der Waals surface area contributed by atoms with Crippen LogP contribution < -0.4 is 0 Å². The molecule has 1 amide bonds. The fraction of sp³-hybridized carbons (Fsp3) is 0.357. The summed E-state index contributed by atoms with van der Waals surface area (Å²) in [7, 11) is -3.17. The van der Waals surface area contributed by atoms with E-state index in [1.54, 1.807) is 29.2 Å². The molecule has 138 valence electrons. The predicted octanol–water partition coefficient (Wildman–Crippen LogP) is 0.213. The van der Waals surface area contributed by atoms with Gasteiger partial charge in [-0.3, -0.25) is 4.79 Å². The van der Waals surface area contributed by atoms with Crippen molar-refractivity contribution in [2.75, 3.05) is 32.4 Å². The molecule has 0 aromatic heterocycles. The lowest BCUT2D eigenvalue weighted by atomic mass is 10.2. The summed E-state index contributed by atoms with van der Waals surface area (Å²) in [5, 5.41) is 15.4. The van der Waals surface area contributed by atoms with E-state index in [9.17, 15) is 13.2 Å². The summed E-state index contributed by atoms with van der Waals surface area (Å²) >= 11 is 5.77. The van der Waals surface area contributed by atoms with Gasteiger partial charge >= 0.3 is 11.9 Å². The van der Waals surface area contributed by atoms with Gasteiger partial charge in [0.2, 0.25) is 10.0 Å². The van der Waals surface area contributed by atoms with Crippen molar-refractivity contribution in [1.29, 1.82) is 0 Å². The van der Waals surface area contributed by atoms with Gasteiger partial charge in [0.05, 0.1) is 6.26 Å². The molecule has 2 rings (SSSR count). The Balaban J connectivity index is 0.000000450. The fourth-order valence-corrected chi connectivity index (χ4v) is 2.95. The summed E-state index contributed by atoms with van der Waals surface area (Å²) in [6.07, 6.45) is 1.18. The first kappa shape index (κ1) is 20.9. The van der Waals surface area contributed by atoms with Crippen LogP contribution in [-0.4, -0.2) is 78.1 Å². The third-order valence-electron chi connectivity index (χ3n) is 3.27. The molecular formula is C14H17ClN2O7S. The van der Waals surface area contributed by atoms with Crippen LogP contribution in [0.25, 0.3) is 0 Å². The molecule has 25 heavy (non-hydrogen) atoms. The normalized spacial score (nSPS) is 15.0. The first-order valence-electron chi connectivity index (χ1n) is 6.98. The molecule has 2 N–H and O–H groups in total. The lowest BCUT2D eigenvalue weighted by Crippen LogP contribution is -2.50. The zero-order valence-corrected chi connectivity index (χ0v) is 14.8. The summed E-state index contributed by atoms with van der Waals surface area (Å²) in [5.74, 6) is -3.74. The van der Waals surface area contributed by atoms with Gasteiger partial charge in [0, 0.05) is 36.8 Å². The maximum absolute atomic E-state index is 12.2. The monoisotopic (exact) mass is 392 g/mol. The number of hydrogen-bond acceptors (Lipinski definition) is 5. The summed E-state index contributed by atoms with van der Waals surface area (Å²) in [6.45, 7) is 1.51. The standard InChI is InChI=1S/C12H15ClN2O3S.C2H2O4/c1-19(17,18)15-8-6-14(7-9-15)12(16)10-2-4-11(13)5-3-10;3-1(4)2(5)6/h2-5H,6-9H2,1H3;(H,3,4)(H,5,6). The van der Waals surface area contributed by atoms with E-state index in [1.165, 1.54) is 10.6 Å². The molecule has 0 aliphatic carbocycles. The maximum atomic E-state index is 12.2. The minimum absolute atomic E-state index is 0.0928. The number of rotatable bonds is 2. The molecule has 1 saturated heterocycles. The lowest BCUT2D eigenvalue weighted by Gasteiger charge is -2.33. The highest BCUT2D eigenvalue weighted by Gasteiger charge is 2.26. The van der Waals surface area contributed by atoms with Crippen LogP contribution in [0.4, 0.5) is 0 Å². The molecule has 1 fully saturated rings. The third kappa shape index (κ3) is 6.69. The van der Waals surface area contributed by atoms with Crippen LogP contribution in [0.15, 0.2) is 24.3 Å². The quantitative estimate of drug-likeness (QED) is 0.687. The number of carbonyl (C=O) groups is 3. The average molecular weight is 393 g/mol. The topological polar surface area (TPSA) is 132 Å². The molecule has 0 spiro atoms. The van der Waals surface area contributed by atoms with Gasteiger partial charge in [0.25, 0.3) is 5.91 Å². The molecule has 0 unspecified atom stereocenters. The number of carboxylic acids is 2. The van der Waals surface area contributed by atoms with E-state index in [-0.39, 0.29) is 5.91 Å². The molecule has 1 aromatic carbocycles. The second-order valence-corrected chi connectivity index (χ2v) is 7.49. The molecule has 0 radical (unpaired) electrons. The highest BCUT2D eigenvalue weighted by atomic mass is 35.5. The van der Waals surface area contributed by atoms with Crippen LogP contribution in [0.1, 0.15) is 10.4 Å². The first-order chi connectivity index (χ1) is 11.5. The van der Waals surface area contributed by atoms with Crippen LogP contribution >= 0.6 is 11.6 Å². The zero-order chi connectivity index (χ0) is 19.2. The smallest absolute Gasteiger partial charge is 0.414 e. The molecule has 1 aromatic rings. The number of aliphatic carboxylic acids is 2. The van der Waals surface area contributed by atoms with Crippen LogP contribution in [0, 0.1) is 0 Å². The number of sulfonamides is 1. The number of amides is 1. The lowest BCUT2D eigenvalue weighted by molar-refractivity contribution is -0.159. The molecule has 0 atom stereocenters. The Labute approximate surface area is 149 Å². The van der Waals surface area contributed by atoms with Crippen LogP contribution in [-0.2, 0) is 19.6 Å². The Morgan fingerprint density at radius 3 is 1.76 bits per heavy atom. The van der Waals surface area contributed by atoms with Crippen molar-refractivity contribution in [3.05, 3.63) is 34.9 Å². The summed E-state index contributed by atoms with van der Waals surface area (Å²) in [5.41, 5.74) is 0.567. The SMILES string of the molecule is CS(=O)(=O)N1CCN(C(=O)c2ccc(Cl)cc2)CC1.O=C(O)C(=O)O. The number of benzene rings is 1. The molecule has 9 nitrogen and oxygen atoms in total. The zero-order valence-electron chi connectivity index (χ0n) is 13.3. The number of carboxylic acid groups (broad SMARTS) is 2. The summed E-state index contributed by atoms with van der Waals surface area (Å²) in [6, 6.07) is 6.68. The van der Waals surface area contributed by atoms with Crippen molar-refractivity contribution < 1.29 is 33.0 Å². The van der Waals surface area contributed by atoms with Crippen molar-refractivity contribution in [2.24, 2.45) is 0 Å². The third-order valence-corrected chi connectivity index (χ3v) is 4.82. The van der Waals surface area contributed by atoms with E-state index in [0.717, 1.165) is 0 Å². The molecule has 1 aliphatic heterocycles. The Morgan fingerprint density at radius 1 is 0.960 bits per heavy atom. The molecular weight excluding hydrogens is 376 g/mol. The first-order valence-corrected chi connectivity index (χ1v) is 9.21. The Kier molecular flexibility index (Phi) is 7.34.